The summed E-state index contributed by atoms with van der Waals surface area (Å²) in [5.41, 5.74) is 5.86. The lowest BCUT2D eigenvalue weighted by atomic mass is 9.88. The van der Waals surface area contributed by atoms with E-state index >= 15 is 0 Å². The molecule has 0 bridgehead atoms. The maximum Gasteiger partial charge on any atom is 0.0239 e. The summed E-state index contributed by atoms with van der Waals surface area (Å²) < 4.78 is 0. The summed E-state index contributed by atoms with van der Waals surface area (Å²) in [5.74, 6) is 1.83. The Kier molecular flexibility index (Phi) is 3.64. The van der Waals surface area contributed by atoms with E-state index in [9.17, 15) is 0 Å². The number of fused-ring (bicyclic) bond motifs is 1. The second kappa shape index (κ2) is 5.26. The zero-order chi connectivity index (χ0) is 13.4. The first-order valence-electron chi connectivity index (χ1n) is 7.63. The van der Waals surface area contributed by atoms with E-state index in [1.165, 1.54) is 49.3 Å². The van der Waals surface area contributed by atoms with Crippen LogP contribution in [0.2, 0.25) is 0 Å². The Labute approximate surface area is 117 Å². The zero-order valence-electron chi connectivity index (χ0n) is 12.5. The van der Waals surface area contributed by atoms with Crippen molar-refractivity contribution in [2.75, 3.05) is 26.2 Å². The van der Waals surface area contributed by atoms with Gasteiger partial charge in [0.25, 0.3) is 0 Å². The predicted molar refractivity (Wildman–Crippen MR) is 80.4 cm³/mol. The molecule has 3 rings (SSSR count). The maximum atomic E-state index is 3.55. The molecule has 1 aromatic carbocycles. The van der Waals surface area contributed by atoms with E-state index in [2.05, 4.69) is 43.1 Å². The lowest BCUT2D eigenvalue weighted by Gasteiger charge is -2.35. The number of aryl methyl sites for hydroxylation is 3. The quantitative estimate of drug-likeness (QED) is 0.877. The second-order valence-electron chi connectivity index (χ2n) is 6.58. The van der Waals surface area contributed by atoms with Gasteiger partial charge in [-0.2, -0.15) is 0 Å². The molecule has 2 heteroatoms. The lowest BCUT2D eigenvalue weighted by molar-refractivity contribution is 0.142. The smallest absolute Gasteiger partial charge is 0.0239 e. The molecular formula is C17H26N2. The molecule has 0 saturated carbocycles. The topological polar surface area (TPSA) is 15.3 Å². The molecule has 2 aliphatic heterocycles. The van der Waals surface area contributed by atoms with Gasteiger partial charge in [-0.3, -0.25) is 4.90 Å². The van der Waals surface area contributed by atoms with Crippen molar-refractivity contribution in [1.82, 2.24) is 10.2 Å². The molecule has 2 atom stereocenters. The largest absolute Gasteiger partial charge is 0.316 e. The normalized spacial score (nSPS) is 27.5. The minimum absolute atomic E-state index is 0.889. The van der Waals surface area contributed by atoms with Gasteiger partial charge in [-0.15, -0.1) is 0 Å². The fourth-order valence-corrected chi connectivity index (χ4v) is 3.94. The van der Waals surface area contributed by atoms with Crippen LogP contribution < -0.4 is 5.32 Å². The summed E-state index contributed by atoms with van der Waals surface area (Å²) in [7, 11) is 0. The average Bonchev–Trinajstić information content (AvgIpc) is 2.81. The van der Waals surface area contributed by atoms with Gasteiger partial charge in [-0.1, -0.05) is 17.7 Å². The summed E-state index contributed by atoms with van der Waals surface area (Å²) in [6, 6.07) is 4.65. The molecule has 0 amide bonds. The van der Waals surface area contributed by atoms with Crippen molar-refractivity contribution in [3.63, 3.8) is 0 Å². The highest BCUT2D eigenvalue weighted by atomic mass is 15.1. The van der Waals surface area contributed by atoms with Gasteiger partial charge < -0.3 is 5.32 Å². The molecule has 104 valence electrons. The van der Waals surface area contributed by atoms with Crippen molar-refractivity contribution in [2.24, 2.45) is 11.8 Å². The number of rotatable bonds is 2. The van der Waals surface area contributed by atoms with Gasteiger partial charge in [0.1, 0.15) is 0 Å². The zero-order valence-corrected chi connectivity index (χ0v) is 12.5. The molecule has 0 aromatic heterocycles. The Morgan fingerprint density at radius 1 is 1.11 bits per heavy atom. The highest BCUT2D eigenvalue weighted by Gasteiger charge is 2.32. The first-order valence-corrected chi connectivity index (χ1v) is 7.63. The van der Waals surface area contributed by atoms with Crippen LogP contribution in [0.3, 0.4) is 0 Å². The van der Waals surface area contributed by atoms with Crippen molar-refractivity contribution < 1.29 is 0 Å². The van der Waals surface area contributed by atoms with Crippen LogP contribution in [-0.2, 0) is 6.54 Å². The van der Waals surface area contributed by atoms with Crippen LogP contribution >= 0.6 is 0 Å². The van der Waals surface area contributed by atoms with Crippen molar-refractivity contribution >= 4 is 0 Å². The van der Waals surface area contributed by atoms with Gasteiger partial charge >= 0.3 is 0 Å². The number of hydrogen-bond donors (Lipinski definition) is 1. The Morgan fingerprint density at radius 3 is 2.53 bits per heavy atom. The molecule has 0 spiro atoms. The third-order valence-corrected chi connectivity index (χ3v) is 5.01. The number of hydrogen-bond acceptors (Lipinski definition) is 2. The van der Waals surface area contributed by atoms with Crippen LogP contribution in [-0.4, -0.2) is 31.1 Å². The summed E-state index contributed by atoms with van der Waals surface area (Å²) in [6.45, 7) is 12.9. The molecular weight excluding hydrogens is 232 g/mol. The summed E-state index contributed by atoms with van der Waals surface area (Å²) in [6.07, 6.45) is 1.38. The van der Waals surface area contributed by atoms with Crippen LogP contribution in [0.4, 0.5) is 0 Å². The molecule has 19 heavy (non-hydrogen) atoms. The molecule has 2 heterocycles. The van der Waals surface area contributed by atoms with Crippen LogP contribution in [0.25, 0.3) is 0 Å². The second-order valence-corrected chi connectivity index (χ2v) is 6.58. The molecule has 0 radical (unpaired) electrons. The highest BCUT2D eigenvalue weighted by Crippen LogP contribution is 2.28. The van der Waals surface area contributed by atoms with Gasteiger partial charge in [0, 0.05) is 13.1 Å². The van der Waals surface area contributed by atoms with E-state index in [0.717, 1.165) is 18.4 Å². The molecule has 2 nitrogen and oxygen atoms in total. The first-order chi connectivity index (χ1) is 9.13. The van der Waals surface area contributed by atoms with Crippen LogP contribution in [0.1, 0.15) is 28.7 Å². The van der Waals surface area contributed by atoms with Crippen molar-refractivity contribution in [1.29, 1.82) is 0 Å². The minimum Gasteiger partial charge on any atom is -0.316 e. The lowest BCUT2D eigenvalue weighted by Crippen LogP contribution is -2.39. The molecule has 1 aromatic rings. The van der Waals surface area contributed by atoms with Crippen LogP contribution in [0.15, 0.2) is 12.1 Å². The molecule has 2 fully saturated rings. The van der Waals surface area contributed by atoms with E-state index < -0.39 is 0 Å². The van der Waals surface area contributed by atoms with Crippen molar-refractivity contribution in [2.45, 2.75) is 33.7 Å². The fourth-order valence-electron chi connectivity index (χ4n) is 3.94. The first kappa shape index (κ1) is 13.1. The molecule has 2 unspecified atom stereocenters. The van der Waals surface area contributed by atoms with Gasteiger partial charge in [0.2, 0.25) is 0 Å². The summed E-state index contributed by atoms with van der Waals surface area (Å²) in [5, 5.41) is 3.55. The van der Waals surface area contributed by atoms with E-state index in [1.807, 2.05) is 0 Å². The number of likely N-dealkylation sites (tertiary alicyclic amines) is 1. The standard InChI is InChI=1S/C17H26N2/c1-12-6-13(2)17(14(3)7-12)11-19-5-4-15-8-18-9-16(15)10-19/h6-7,15-16,18H,4-5,8-11H2,1-3H3. The average molecular weight is 258 g/mol. The van der Waals surface area contributed by atoms with E-state index in [-0.39, 0.29) is 0 Å². The Balaban J connectivity index is 1.72. The third-order valence-electron chi connectivity index (χ3n) is 5.01. The SMILES string of the molecule is Cc1cc(C)c(CN2CCC3CNCC3C2)c(C)c1. The van der Waals surface area contributed by atoms with Gasteiger partial charge in [0.15, 0.2) is 0 Å². The number of benzene rings is 1. The van der Waals surface area contributed by atoms with Gasteiger partial charge in [0.05, 0.1) is 0 Å². The van der Waals surface area contributed by atoms with Crippen LogP contribution in [0, 0.1) is 32.6 Å². The Morgan fingerprint density at radius 2 is 1.79 bits per heavy atom. The maximum absolute atomic E-state index is 3.55. The number of nitrogens with one attached hydrogen (secondary N) is 1. The van der Waals surface area contributed by atoms with Crippen molar-refractivity contribution in [3.05, 3.63) is 34.4 Å². The molecule has 2 saturated heterocycles. The number of nitrogens with zero attached hydrogens (tertiary/aromatic N) is 1. The van der Waals surface area contributed by atoms with E-state index in [4.69, 9.17) is 0 Å². The van der Waals surface area contributed by atoms with Gasteiger partial charge in [-0.05, 0) is 75.4 Å². The van der Waals surface area contributed by atoms with Gasteiger partial charge in [-0.25, -0.2) is 0 Å². The summed E-state index contributed by atoms with van der Waals surface area (Å²) in [4.78, 5) is 2.67. The minimum atomic E-state index is 0.889. The van der Waals surface area contributed by atoms with Crippen LogP contribution in [0.5, 0.6) is 0 Å². The predicted octanol–water partition coefficient (Wildman–Crippen LogP) is 2.65. The fraction of sp³-hybridized carbons (Fsp3) is 0.647. The Hall–Kier alpha value is -0.860. The number of piperidine rings is 1. The molecule has 2 aliphatic rings. The highest BCUT2D eigenvalue weighted by molar-refractivity contribution is 5.37. The van der Waals surface area contributed by atoms with E-state index in [0.29, 0.717) is 0 Å². The third kappa shape index (κ3) is 2.70. The summed E-state index contributed by atoms with van der Waals surface area (Å²) >= 11 is 0. The van der Waals surface area contributed by atoms with E-state index in [1.54, 1.807) is 5.56 Å². The molecule has 0 aliphatic carbocycles. The Bertz CT molecular complexity index is 443. The molecule has 1 N–H and O–H groups in total. The van der Waals surface area contributed by atoms with Crippen molar-refractivity contribution in [3.8, 4) is 0 Å². The monoisotopic (exact) mass is 258 g/mol.